The number of aliphatic hydroxyl groups excluding tert-OH is 1. The van der Waals surface area contributed by atoms with Crippen LogP contribution < -0.4 is 0 Å². The van der Waals surface area contributed by atoms with Crippen LogP contribution in [0.3, 0.4) is 0 Å². The van der Waals surface area contributed by atoms with Crippen LogP contribution in [-0.4, -0.2) is 10.2 Å². The molecule has 0 saturated carbocycles. The minimum absolute atomic E-state index is 0.0548. The van der Waals surface area contributed by atoms with Gasteiger partial charge in [0.25, 0.3) is 0 Å². The van der Waals surface area contributed by atoms with Crippen molar-refractivity contribution in [1.82, 2.24) is 0 Å². The van der Waals surface area contributed by atoms with E-state index in [0.717, 1.165) is 6.07 Å². The topological polar surface area (TPSA) is 40.5 Å². The Bertz CT molecular complexity index is 315. The zero-order valence-corrected chi connectivity index (χ0v) is 7.40. The molecule has 1 rings (SSSR count). The zero-order valence-electron chi connectivity index (χ0n) is 5.81. The smallest absolute Gasteiger partial charge is 0.201 e. The first-order valence-corrected chi connectivity index (χ1v) is 3.83. The number of rotatable bonds is 1. The maximum absolute atomic E-state index is 12.7. The standard InChI is InChI=1S/C7H5BrF2O2/c8-4-1-3(2-11)7(12)6(10)5(4)9/h1,11-12H,2H2. The number of benzene rings is 1. The Kier molecular flexibility index (Phi) is 2.64. The van der Waals surface area contributed by atoms with E-state index in [2.05, 4.69) is 15.9 Å². The molecule has 1 aromatic rings. The van der Waals surface area contributed by atoms with E-state index in [0.29, 0.717) is 0 Å². The molecule has 2 nitrogen and oxygen atoms in total. The highest BCUT2D eigenvalue weighted by Crippen LogP contribution is 2.29. The summed E-state index contributed by atoms with van der Waals surface area (Å²) in [5, 5.41) is 17.5. The van der Waals surface area contributed by atoms with Crippen LogP contribution in [0, 0.1) is 11.6 Å². The number of hydrogen-bond donors (Lipinski definition) is 2. The predicted octanol–water partition coefficient (Wildman–Crippen LogP) is 1.93. The molecule has 0 aromatic heterocycles. The van der Waals surface area contributed by atoms with Crippen molar-refractivity contribution in [3.8, 4) is 5.75 Å². The average Bonchev–Trinajstić information content (AvgIpc) is 2.08. The monoisotopic (exact) mass is 238 g/mol. The summed E-state index contributed by atoms with van der Waals surface area (Å²) >= 11 is 2.73. The van der Waals surface area contributed by atoms with Crippen LogP contribution in [0.2, 0.25) is 0 Å². The van der Waals surface area contributed by atoms with Gasteiger partial charge in [0.1, 0.15) is 0 Å². The second-order valence-electron chi connectivity index (χ2n) is 2.15. The highest BCUT2D eigenvalue weighted by atomic mass is 79.9. The van der Waals surface area contributed by atoms with E-state index >= 15 is 0 Å². The second kappa shape index (κ2) is 3.37. The first-order valence-electron chi connectivity index (χ1n) is 3.04. The lowest BCUT2D eigenvalue weighted by atomic mass is 10.2. The maximum Gasteiger partial charge on any atom is 0.201 e. The molecule has 0 heterocycles. The van der Waals surface area contributed by atoms with E-state index in [1.54, 1.807) is 0 Å². The molecule has 66 valence electrons. The van der Waals surface area contributed by atoms with Gasteiger partial charge in [-0.05, 0) is 22.0 Å². The molecule has 0 fully saturated rings. The summed E-state index contributed by atoms with van der Waals surface area (Å²) in [6.45, 7) is -0.540. The van der Waals surface area contributed by atoms with Crippen LogP contribution in [0.5, 0.6) is 5.75 Å². The minimum atomic E-state index is -1.35. The number of phenols is 1. The highest BCUT2D eigenvalue weighted by molar-refractivity contribution is 9.10. The molecule has 5 heteroatoms. The second-order valence-corrected chi connectivity index (χ2v) is 3.01. The van der Waals surface area contributed by atoms with Gasteiger partial charge in [-0.3, -0.25) is 0 Å². The lowest BCUT2D eigenvalue weighted by Gasteiger charge is -2.04. The molecule has 0 unspecified atom stereocenters. The van der Waals surface area contributed by atoms with Crippen molar-refractivity contribution in [2.45, 2.75) is 6.61 Å². The van der Waals surface area contributed by atoms with E-state index in [-0.39, 0.29) is 10.0 Å². The Hall–Kier alpha value is -0.680. The lowest BCUT2D eigenvalue weighted by molar-refractivity contribution is 0.271. The third-order valence-electron chi connectivity index (χ3n) is 1.39. The first-order chi connectivity index (χ1) is 5.57. The molecule has 0 atom stereocenters. The maximum atomic E-state index is 12.7. The molecule has 0 spiro atoms. The van der Waals surface area contributed by atoms with E-state index in [1.165, 1.54) is 0 Å². The predicted molar refractivity (Wildman–Crippen MR) is 41.6 cm³/mol. The molecule has 2 N–H and O–H groups in total. The van der Waals surface area contributed by atoms with Gasteiger partial charge in [-0.2, -0.15) is 4.39 Å². The Labute approximate surface area is 75.6 Å². The summed E-state index contributed by atoms with van der Waals surface area (Å²) in [6, 6.07) is 1.12. The summed E-state index contributed by atoms with van der Waals surface area (Å²) in [5.41, 5.74) is -0.0548. The fourth-order valence-electron chi connectivity index (χ4n) is 0.755. The molecule has 0 radical (unpaired) electrons. The molecule has 0 saturated heterocycles. The molecular formula is C7H5BrF2O2. The van der Waals surface area contributed by atoms with Crippen LogP contribution in [0.4, 0.5) is 8.78 Å². The SMILES string of the molecule is OCc1cc(Br)c(F)c(F)c1O. The number of aromatic hydroxyl groups is 1. The van der Waals surface area contributed by atoms with Gasteiger partial charge in [0.15, 0.2) is 11.6 Å². The molecule has 0 aliphatic rings. The van der Waals surface area contributed by atoms with Crippen molar-refractivity contribution in [3.05, 3.63) is 27.7 Å². The van der Waals surface area contributed by atoms with Crippen LogP contribution >= 0.6 is 15.9 Å². The quantitative estimate of drug-likeness (QED) is 0.735. The summed E-state index contributed by atoms with van der Waals surface area (Å²) < 4.78 is 25.2. The fourth-order valence-corrected chi connectivity index (χ4v) is 1.21. The summed E-state index contributed by atoms with van der Waals surface area (Å²) in [6.07, 6.45) is 0. The van der Waals surface area contributed by atoms with Crippen LogP contribution in [0.1, 0.15) is 5.56 Å². The van der Waals surface area contributed by atoms with Crippen LogP contribution in [0.15, 0.2) is 10.5 Å². The molecule has 0 amide bonds. The van der Waals surface area contributed by atoms with Gasteiger partial charge in [-0.15, -0.1) is 0 Å². The third-order valence-corrected chi connectivity index (χ3v) is 1.96. The highest BCUT2D eigenvalue weighted by Gasteiger charge is 2.15. The van der Waals surface area contributed by atoms with Crippen LogP contribution in [-0.2, 0) is 6.61 Å². The van der Waals surface area contributed by atoms with Gasteiger partial charge in [0.05, 0.1) is 11.1 Å². The van der Waals surface area contributed by atoms with Gasteiger partial charge in [-0.1, -0.05) is 0 Å². The van der Waals surface area contributed by atoms with E-state index < -0.39 is 24.0 Å². The van der Waals surface area contributed by atoms with Crippen LogP contribution in [0.25, 0.3) is 0 Å². The van der Waals surface area contributed by atoms with Crippen molar-refractivity contribution in [3.63, 3.8) is 0 Å². The number of hydrogen-bond acceptors (Lipinski definition) is 2. The van der Waals surface area contributed by atoms with E-state index in [4.69, 9.17) is 10.2 Å². The summed E-state index contributed by atoms with van der Waals surface area (Å²) in [7, 11) is 0. The van der Waals surface area contributed by atoms with Gasteiger partial charge in [0.2, 0.25) is 5.82 Å². The fraction of sp³-hybridized carbons (Fsp3) is 0.143. The average molecular weight is 239 g/mol. The van der Waals surface area contributed by atoms with E-state index in [1.807, 2.05) is 0 Å². The molecule has 0 aliphatic heterocycles. The molecule has 1 aromatic carbocycles. The van der Waals surface area contributed by atoms with Gasteiger partial charge in [0, 0.05) is 5.56 Å². The lowest BCUT2D eigenvalue weighted by Crippen LogP contribution is -1.93. The van der Waals surface area contributed by atoms with Crippen molar-refractivity contribution in [1.29, 1.82) is 0 Å². The molecule has 0 aliphatic carbocycles. The molecular weight excluding hydrogens is 234 g/mol. The van der Waals surface area contributed by atoms with Gasteiger partial charge < -0.3 is 10.2 Å². The van der Waals surface area contributed by atoms with Crippen molar-refractivity contribution < 1.29 is 19.0 Å². The summed E-state index contributed by atoms with van der Waals surface area (Å²) in [5.74, 6) is -3.36. The van der Waals surface area contributed by atoms with Gasteiger partial charge >= 0.3 is 0 Å². The largest absolute Gasteiger partial charge is 0.504 e. The van der Waals surface area contributed by atoms with E-state index in [9.17, 15) is 8.78 Å². The Morgan fingerprint density at radius 1 is 1.33 bits per heavy atom. The zero-order chi connectivity index (χ0) is 9.30. The molecule has 12 heavy (non-hydrogen) atoms. The first kappa shape index (κ1) is 9.41. The summed E-state index contributed by atoms with van der Waals surface area (Å²) in [4.78, 5) is 0. The number of halogens is 3. The molecule has 0 bridgehead atoms. The van der Waals surface area contributed by atoms with Crippen molar-refractivity contribution >= 4 is 15.9 Å². The van der Waals surface area contributed by atoms with Crippen molar-refractivity contribution in [2.24, 2.45) is 0 Å². The number of aliphatic hydroxyl groups is 1. The Morgan fingerprint density at radius 2 is 1.92 bits per heavy atom. The minimum Gasteiger partial charge on any atom is -0.504 e. The Balaban J connectivity index is 3.39. The third kappa shape index (κ3) is 1.42. The van der Waals surface area contributed by atoms with Gasteiger partial charge in [-0.25, -0.2) is 4.39 Å². The normalized spacial score (nSPS) is 10.3. The Morgan fingerprint density at radius 3 is 2.42 bits per heavy atom. The van der Waals surface area contributed by atoms with Crippen molar-refractivity contribution in [2.75, 3.05) is 0 Å².